The minimum absolute atomic E-state index is 0.311. The standard InChI is InChI=1S/C21H22N4O2S/c1-3-18-19(28-21(22)24-18)20(26)25-23-12-15-7-5-9-17(11-15)27-13-16-8-4-6-14(2)10-16/h4-12H,3,13H2,1-2H3,(H2,22,24)(H,25,26)/b23-12+. The first-order valence-electron chi connectivity index (χ1n) is 8.92. The second kappa shape index (κ2) is 9.14. The number of nitrogen functional groups attached to an aromatic ring is 1. The lowest BCUT2D eigenvalue weighted by molar-refractivity contribution is 0.0958. The van der Waals surface area contributed by atoms with Gasteiger partial charge in [-0.25, -0.2) is 10.4 Å². The third-order valence-corrected chi connectivity index (χ3v) is 4.91. The molecule has 3 rings (SSSR count). The molecule has 0 radical (unpaired) electrons. The highest BCUT2D eigenvalue weighted by Gasteiger charge is 2.15. The number of carbonyl (C=O) groups is 1. The Bertz CT molecular complexity index is 998. The maximum absolute atomic E-state index is 12.2. The quantitative estimate of drug-likeness (QED) is 0.469. The van der Waals surface area contributed by atoms with Crippen LogP contribution in [0.25, 0.3) is 0 Å². The summed E-state index contributed by atoms with van der Waals surface area (Å²) in [6, 6.07) is 15.7. The van der Waals surface area contributed by atoms with E-state index in [1.807, 2.05) is 43.3 Å². The van der Waals surface area contributed by atoms with Gasteiger partial charge in [0.15, 0.2) is 5.13 Å². The number of hydrazone groups is 1. The van der Waals surface area contributed by atoms with Crippen molar-refractivity contribution in [2.24, 2.45) is 5.10 Å². The highest BCUT2D eigenvalue weighted by atomic mass is 32.1. The van der Waals surface area contributed by atoms with Gasteiger partial charge in [0.2, 0.25) is 0 Å². The molecule has 1 heterocycles. The van der Waals surface area contributed by atoms with Gasteiger partial charge in [0.1, 0.15) is 17.2 Å². The molecule has 0 aliphatic rings. The average Bonchev–Trinajstić information content (AvgIpc) is 3.08. The molecule has 2 aromatic carbocycles. The molecule has 0 atom stereocenters. The Labute approximate surface area is 168 Å². The summed E-state index contributed by atoms with van der Waals surface area (Å²) in [6.07, 6.45) is 2.22. The number of nitrogens with zero attached hydrogens (tertiary/aromatic N) is 2. The van der Waals surface area contributed by atoms with Gasteiger partial charge in [-0.2, -0.15) is 5.10 Å². The molecule has 1 aromatic heterocycles. The average molecular weight is 395 g/mol. The zero-order valence-corrected chi connectivity index (χ0v) is 16.6. The number of hydrogen-bond acceptors (Lipinski definition) is 6. The molecule has 6 nitrogen and oxygen atoms in total. The van der Waals surface area contributed by atoms with Crippen LogP contribution in [0.1, 0.15) is 39.0 Å². The minimum Gasteiger partial charge on any atom is -0.489 e. The molecule has 3 aromatic rings. The largest absolute Gasteiger partial charge is 0.489 e. The second-order valence-electron chi connectivity index (χ2n) is 6.23. The number of nitrogens with one attached hydrogen (secondary N) is 1. The molecule has 0 aliphatic carbocycles. The van der Waals surface area contributed by atoms with Crippen molar-refractivity contribution in [3.8, 4) is 5.75 Å². The van der Waals surface area contributed by atoms with Gasteiger partial charge in [-0.15, -0.1) is 0 Å². The van der Waals surface area contributed by atoms with E-state index in [0.717, 1.165) is 28.2 Å². The number of benzene rings is 2. The predicted octanol–water partition coefficient (Wildman–Crippen LogP) is 3.94. The van der Waals surface area contributed by atoms with Crippen molar-refractivity contribution in [2.45, 2.75) is 26.9 Å². The van der Waals surface area contributed by atoms with E-state index in [-0.39, 0.29) is 5.91 Å². The molecule has 1 amide bonds. The second-order valence-corrected chi connectivity index (χ2v) is 7.26. The summed E-state index contributed by atoms with van der Waals surface area (Å²) in [5, 5.41) is 4.41. The van der Waals surface area contributed by atoms with Crippen molar-refractivity contribution in [3.05, 3.63) is 75.8 Å². The fourth-order valence-corrected chi connectivity index (χ4v) is 3.47. The summed E-state index contributed by atoms with van der Waals surface area (Å²) >= 11 is 1.16. The summed E-state index contributed by atoms with van der Waals surface area (Å²) in [6.45, 7) is 4.47. The van der Waals surface area contributed by atoms with Crippen LogP contribution in [0.2, 0.25) is 0 Å². The van der Waals surface area contributed by atoms with E-state index < -0.39 is 0 Å². The summed E-state index contributed by atoms with van der Waals surface area (Å²) in [4.78, 5) is 16.9. The molecule has 0 spiro atoms. The molecule has 0 saturated heterocycles. The SMILES string of the molecule is CCc1nc(N)sc1C(=O)N/N=C/c1cccc(OCc2cccc(C)c2)c1. The smallest absolute Gasteiger partial charge is 0.283 e. The number of carbonyl (C=O) groups excluding carboxylic acids is 1. The fraction of sp³-hybridized carbons (Fsp3) is 0.190. The maximum Gasteiger partial charge on any atom is 0.283 e. The van der Waals surface area contributed by atoms with E-state index in [4.69, 9.17) is 10.5 Å². The maximum atomic E-state index is 12.2. The number of aromatic nitrogens is 1. The first kappa shape index (κ1) is 19.6. The summed E-state index contributed by atoms with van der Waals surface area (Å²) in [5.74, 6) is 0.425. The predicted molar refractivity (Wildman–Crippen MR) is 113 cm³/mol. The van der Waals surface area contributed by atoms with Gasteiger partial charge in [-0.3, -0.25) is 4.79 Å². The zero-order chi connectivity index (χ0) is 19.9. The summed E-state index contributed by atoms with van der Waals surface area (Å²) < 4.78 is 5.85. The molecular formula is C21H22N4O2S. The van der Waals surface area contributed by atoms with Crippen LogP contribution in [0.3, 0.4) is 0 Å². The first-order chi connectivity index (χ1) is 13.5. The van der Waals surface area contributed by atoms with E-state index in [2.05, 4.69) is 34.6 Å². The number of nitrogens with two attached hydrogens (primary N) is 1. The van der Waals surface area contributed by atoms with Crippen LogP contribution in [0, 0.1) is 6.92 Å². The molecule has 0 unspecified atom stereocenters. The van der Waals surface area contributed by atoms with E-state index >= 15 is 0 Å². The molecule has 0 aliphatic heterocycles. The Morgan fingerprint density at radius 1 is 1.29 bits per heavy atom. The number of thiazole rings is 1. The fourth-order valence-electron chi connectivity index (χ4n) is 2.66. The molecular weight excluding hydrogens is 372 g/mol. The molecule has 7 heteroatoms. The minimum atomic E-state index is -0.311. The summed E-state index contributed by atoms with van der Waals surface area (Å²) in [5.41, 5.74) is 12.0. The third kappa shape index (κ3) is 5.17. The molecule has 0 saturated carbocycles. The van der Waals surface area contributed by atoms with Gasteiger partial charge < -0.3 is 10.5 Å². The number of rotatable bonds is 7. The van der Waals surface area contributed by atoms with Crippen LogP contribution < -0.4 is 15.9 Å². The van der Waals surface area contributed by atoms with Gasteiger partial charge in [0.25, 0.3) is 5.91 Å². The Hall–Kier alpha value is -3.19. The topological polar surface area (TPSA) is 89.6 Å². The van der Waals surface area contributed by atoms with Crippen LogP contribution in [-0.2, 0) is 13.0 Å². The van der Waals surface area contributed by atoms with Crippen LogP contribution >= 0.6 is 11.3 Å². The highest BCUT2D eigenvalue weighted by molar-refractivity contribution is 7.17. The number of amides is 1. The lowest BCUT2D eigenvalue weighted by atomic mass is 10.1. The molecule has 0 fully saturated rings. The van der Waals surface area contributed by atoms with Crippen molar-refractivity contribution in [1.82, 2.24) is 10.4 Å². The van der Waals surface area contributed by atoms with Gasteiger partial charge in [0.05, 0.1) is 11.9 Å². The first-order valence-corrected chi connectivity index (χ1v) is 9.73. The molecule has 0 bridgehead atoms. The summed E-state index contributed by atoms with van der Waals surface area (Å²) in [7, 11) is 0. The Morgan fingerprint density at radius 3 is 2.89 bits per heavy atom. The lowest BCUT2D eigenvalue weighted by Crippen LogP contribution is -2.17. The Balaban J connectivity index is 1.60. The number of aryl methyl sites for hydroxylation is 2. The van der Waals surface area contributed by atoms with Gasteiger partial charge >= 0.3 is 0 Å². The van der Waals surface area contributed by atoms with Crippen LogP contribution in [0.4, 0.5) is 5.13 Å². The van der Waals surface area contributed by atoms with Crippen LogP contribution in [0.5, 0.6) is 5.75 Å². The normalized spacial score (nSPS) is 10.9. The lowest BCUT2D eigenvalue weighted by Gasteiger charge is -2.07. The van der Waals surface area contributed by atoms with Gasteiger partial charge in [-0.1, -0.05) is 60.2 Å². The van der Waals surface area contributed by atoms with Crippen molar-refractivity contribution in [1.29, 1.82) is 0 Å². The number of ether oxygens (including phenoxy) is 1. The van der Waals surface area contributed by atoms with Gasteiger partial charge in [-0.05, 0) is 36.6 Å². The Morgan fingerprint density at radius 2 is 2.11 bits per heavy atom. The Kier molecular flexibility index (Phi) is 6.39. The van der Waals surface area contributed by atoms with E-state index in [1.54, 1.807) is 6.21 Å². The van der Waals surface area contributed by atoms with E-state index in [0.29, 0.717) is 28.7 Å². The van der Waals surface area contributed by atoms with Crippen molar-refractivity contribution in [3.63, 3.8) is 0 Å². The third-order valence-electron chi connectivity index (χ3n) is 3.98. The number of anilines is 1. The monoisotopic (exact) mass is 394 g/mol. The molecule has 3 N–H and O–H groups in total. The van der Waals surface area contributed by atoms with Gasteiger partial charge in [0, 0.05) is 0 Å². The number of hydrogen-bond donors (Lipinski definition) is 2. The van der Waals surface area contributed by atoms with Crippen LogP contribution in [-0.4, -0.2) is 17.1 Å². The van der Waals surface area contributed by atoms with Crippen molar-refractivity contribution in [2.75, 3.05) is 5.73 Å². The molecule has 144 valence electrons. The van der Waals surface area contributed by atoms with Crippen molar-refractivity contribution < 1.29 is 9.53 Å². The van der Waals surface area contributed by atoms with E-state index in [9.17, 15) is 4.79 Å². The molecule has 28 heavy (non-hydrogen) atoms. The van der Waals surface area contributed by atoms with Crippen molar-refractivity contribution >= 4 is 28.6 Å². The van der Waals surface area contributed by atoms with Crippen LogP contribution in [0.15, 0.2) is 53.6 Å². The zero-order valence-electron chi connectivity index (χ0n) is 15.8. The highest BCUT2D eigenvalue weighted by Crippen LogP contribution is 2.20. The van der Waals surface area contributed by atoms with E-state index in [1.165, 1.54) is 5.56 Å².